The fraction of sp³-hybridized carbons (Fsp3) is 0.692. The molecular formula is C39H54N4O2. The molecule has 8 atom stereocenters. The molecule has 8 rings (SSSR count). The number of fused-ring (bicyclic) bond motifs is 9. The lowest BCUT2D eigenvalue weighted by Crippen LogP contribution is -2.64. The normalized spacial score (nSPS) is 40.6. The highest BCUT2D eigenvalue weighted by atomic mass is 16.4. The van der Waals surface area contributed by atoms with Crippen LogP contribution in [0.1, 0.15) is 116 Å². The zero-order valence-electron chi connectivity index (χ0n) is 28.6. The average molecular weight is 611 g/mol. The second kappa shape index (κ2) is 9.19. The summed E-state index contributed by atoms with van der Waals surface area (Å²) in [5.74, 6) is 1.39. The molecule has 0 saturated heterocycles. The third-order valence-corrected chi connectivity index (χ3v) is 15.3. The number of nitrogens with two attached hydrogens (primary N) is 1. The molecule has 242 valence electrons. The maximum absolute atomic E-state index is 12.8. The minimum Gasteiger partial charge on any atom is -0.481 e. The Morgan fingerprint density at radius 1 is 1.02 bits per heavy atom. The molecule has 6 heteroatoms. The number of aromatic nitrogens is 2. The number of carboxylic acid groups (broad SMARTS) is 1. The Morgan fingerprint density at radius 2 is 1.80 bits per heavy atom. The minimum atomic E-state index is -0.585. The van der Waals surface area contributed by atoms with E-state index in [9.17, 15) is 9.90 Å². The van der Waals surface area contributed by atoms with Crippen LogP contribution >= 0.6 is 0 Å². The van der Waals surface area contributed by atoms with E-state index in [2.05, 4.69) is 82.2 Å². The van der Waals surface area contributed by atoms with Crippen molar-refractivity contribution < 1.29 is 9.90 Å². The highest BCUT2D eigenvalue weighted by molar-refractivity contribution is 5.77. The van der Waals surface area contributed by atoms with Gasteiger partial charge in [0.2, 0.25) is 0 Å². The van der Waals surface area contributed by atoms with E-state index in [0.717, 1.165) is 51.5 Å². The van der Waals surface area contributed by atoms with Gasteiger partial charge in [0.25, 0.3) is 0 Å². The molecule has 0 radical (unpaired) electrons. The fourth-order valence-electron chi connectivity index (χ4n) is 13.2. The Balaban J connectivity index is 1.35. The molecule has 3 saturated carbocycles. The van der Waals surface area contributed by atoms with Gasteiger partial charge < -0.3 is 16.2 Å². The summed E-state index contributed by atoms with van der Waals surface area (Å²) in [6.07, 6.45) is 9.51. The number of rotatable bonds is 2. The van der Waals surface area contributed by atoms with Crippen LogP contribution in [0.2, 0.25) is 0 Å². The molecule has 3 fully saturated rings. The lowest BCUT2D eigenvalue weighted by atomic mass is 9.33. The summed E-state index contributed by atoms with van der Waals surface area (Å²) in [5, 5.41) is 22.1. The number of nitrogen functional groups attached to an aromatic ring is 1. The molecular weight excluding hydrogens is 556 g/mol. The van der Waals surface area contributed by atoms with E-state index in [1.807, 2.05) is 0 Å². The van der Waals surface area contributed by atoms with Gasteiger partial charge in [-0.05, 0) is 132 Å². The molecule has 1 aromatic carbocycles. The number of carbonyl (C=O) groups is 1. The molecule has 45 heavy (non-hydrogen) atoms. The largest absolute Gasteiger partial charge is 0.481 e. The van der Waals surface area contributed by atoms with Crippen LogP contribution in [0.4, 0.5) is 11.5 Å². The maximum Gasteiger partial charge on any atom is 0.306 e. The Labute approximate surface area is 269 Å². The van der Waals surface area contributed by atoms with Crippen molar-refractivity contribution in [3.05, 3.63) is 46.2 Å². The minimum absolute atomic E-state index is 0.00638. The van der Waals surface area contributed by atoms with Gasteiger partial charge in [0.1, 0.15) is 5.82 Å². The third kappa shape index (κ3) is 3.80. The topological polar surface area (TPSA) is 104 Å². The summed E-state index contributed by atoms with van der Waals surface area (Å²) in [6.45, 7) is 18.4. The quantitative estimate of drug-likeness (QED) is 0.274. The summed E-state index contributed by atoms with van der Waals surface area (Å²) in [5.41, 5.74) is 16.6. The fourth-order valence-corrected chi connectivity index (χ4v) is 13.2. The van der Waals surface area contributed by atoms with E-state index >= 15 is 0 Å². The zero-order valence-corrected chi connectivity index (χ0v) is 28.6. The Morgan fingerprint density at radius 3 is 2.56 bits per heavy atom. The van der Waals surface area contributed by atoms with E-state index in [4.69, 9.17) is 5.73 Å². The predicted octanol–water partition coefficient (Wildman–Crippen LogP) is 8.24. The molecule has 0 bridgehead atoms. The Kier molecular flexibility index (Phi) is 6.05. The number of nitrogens with zero attached hydrogens (tertiary/aromatic N) is 1. The number of anilines is 2. The van der Waals surface area contributed by atoms with E-state index in [1.54, 1.807) is 11.1 Å². The lowest BCUT2D eigenvalue weighted by Gasteiger charge is -2.70. The zero-order chi connectivity index (χ0) is 31.9. The number of benzene rings is 1. The first-order valence-electron chi connectivity index (χ1n) is 17.8. The number of hydrogen-bond acceptors (Lipinski definition) is 4. The lowest BCUT2D eigenvalue weighted by molar-refractivity contribution is -0.161. The first kappa shape index (κ1) is 29.6. The van der Waals surface area contributed by atoms with Gasteiger partial charge >= 0.3 is 5.97 Å². The predicted molar refractivity (Wildman–Crippen MR) is 181 cm³/mol. The molecule has 2 aromatic rings. The monoisotopic (exact) mass is 610 g/mol. The molecule has 5 N–H and O–H groups in total. The number of aromatic amines is 1. The summed E-state index contributed by atoms with van der Waals surface area (Å²) in [7, 11) is 0. The van der Waals surface area contributed by atoms with E-state index in [0.29, 0.717) is 23.6 Å². The van der Waals surface area contributed by atoms with E-state index < -0.39 is 5.97 Å². The number of hydrogen-bond donors (Lipinski definition) is 4. The van der Waals surface area contributed by atoms with Crippen molar-refractivity contribution in [3.8, 4) is 0 Å². The van der Waals surface area contributed by atoms with Crippen molar-refractivity contribution in [3.63, 3.8) is 0 Å². The number of aliphatic carboxylic acids is 1. The van der Waals surface area contributed by atoms with Crippen LogP contribution in [0, 0.1) is 51.2 Å². The SMILES string of the molecule is CC1(C)CC2C3=C(c4ccc5c(c4)CCN5)CC4[C@@]5(C)Cc6c(N)n[nH]c6C(C)(C)C5CC[C@@]4(C)[C@]3(C)CC[C@@H]2[C@H](C(=O)O)C1. The Hall–Kier alpha value is -2.76. The van der Waals surface area contributed by atoms with Crippen molar-refractivity contribution in [1.82, 2.24) is 10.2 Å². The molecule has 2 heterocycles. The average Bonchev–Trinajstić information content (AvgIpc) is 3.58. The summed E-state index contributed by atoms with van der Waals surface area (Å²) in [4.78, 5) is 12.8. The molecule has 5 aliphatic carbocycles. The highest BCUT2D eigenvalue weighted by Crippen LogP contribution is 2.76. The van der Waals surface area contributed by atoms with Gasteiger partial charge in [-0.25, -0.2) is 0 Å². The van der Waals surface area contributed by atoms with Crippen LogP contribution in [-0.4, -0.2) is 27.8 Å². The van der Waals surface area contributed by atoms with Gasteiger partial charge in [-0.15, -0.1) is 0 Å². The number of H-pyrrole nitrogens is 1. The van der Waals surface area contributed by atoms with E-state index in [-0.39, 0.29) is 38.9 Å². The van der Waals surface area contributed by atoms with Crippen molar-refractivity contribution in [2.75, 3.05) is 17.6 Å². The van der Waals surface area contributed by atoms with Gasteiger partial charge in [0.05, 0.1) is 5.92 Å². The molecule has 6 aliphatic rings. The molecule has 6 nitrogen and oxygen atoms in total. The van der Waals surface area contributed by atoms with Crippen LogP contribution in [0.15, 0.2) is 23.8 Å². The first-order valence-corrected chi connectivity index (χ1v) is 17.8. The van der Waals surface area contributed by atoms with Crippen molar-refractivity contribution >= 4 is 23.0 Å². The van der Waals surface area contributed by atoms with Crippen molar-refractivity contribution in [2.24, 2.45) is 51.2 Å². The summed E-state index contributed by atoms with van der Waals surface area (Å²) in [6, 6.07) is 7.19. The van der Waals surface area contributed by atoms with Gasteiger partial charge in [-0.1, -0.05) is 60.1 Å². The van der Waals surface area contributed by atoms with Crippen molar-refractivity contribution in [2.45, 2.75) is 112 Å². The third-order valence-electron chi connectivity index (χ3n) is 15.3. The summed E-state index contributed by atoms with van der Waals surface area (Å²) >= 11 is 0. The molecule has 0 amide bonds. The van der Waals surface area contributed by atoms with Gasteiger partial charge in [0.15, 0.2) is 0 Å². The van der Waals surface area contributed by atoms with Gasteiger partial charge in [-0.3, -0.25) is 9.89 Å². The first-order chi connectivity index (χ1) is 21.1. The molecule has 0 spiro atoms. The van der Waals surface area contributed by atoms with Crippen LogP contribution in [0.5, 0.6) is 0 Å². The number of allylic oxidation sites excluding steroid dienone is 2. The number of carboxylic acids is 1. The van der Waals surface area contributed by atoms with Gasteiger partial charge in [-0.2, -0.15) is 5.10 Å². The van der Waals surface area contributed by atoms with Crippen LogP contribution in [0.25, 0.3) is 5.57 Å². The van der Waals surface area contributed by atoms with Crippen LogP contribution in [-0.2, 0) is 23.1 Å². The highest BCUT2D eigenvalue weighted by Gasteiger charge is 2.68. The van der Waals surface area contributed by atoms with Crippen LogP contribution < -0.4 is 11.1 Å². The summed E-state index contributed by atoms with van der Waals surface area (Å²) < 4.78 is 0. The second-order valence-electron chi connectivity index (χ2n) is 18.2. The smallest absolute Gasteiger partial charge is 0.306 e. The molecule has 3 unspecified atom stereocenters. The van der Waals surface area contributed by atoms with Crippen LogP contribution in [0.3, 0.4) is 0 Å². The second-order valence-corrected chi connectivity index (χ2v) is 18.2. The maximum atomic E-state index is 12.8. The number of nitrogens with one attached hydrogen (secondary N) is 2. The molecule has 1 aromatic heterocycles. The van der Waals surface area contributed by atoms with E-state index in [1.165, 1.54) is 40.9 Å². The van der Waals surface area contributed by atoms with Gasteiger partial charge in [0, 0.05) is 28.9 Å². The van der Waals surface area contributed by atoms with Crippen molar-refractivity contribution in [1.29, 1.82) is 0 Å². The standard InChI is InChI=1S/C39H54N4O2/c1-35(2)18-25-23(26(19-35)34(44)45)10-13-39(7)31(25)24(21-8-9-28-22(16-21)12-15-41-28)17-30-37(5)20-27-32(42-43-33(27)40)36(3,4)29(37)11-14-38(30,39)6/h8-9,16,23,25-26,29-30,41H,10-15,17-20H2,1-7H3,(H,44,45)(H3,40,42,43)/t23-,25?,26+,29?,30?,37-,38+,39+/m0/s1. The Bertz CT molecular complexity index is 1630. The molecule has 1 aliphatic heterocycles.